The first kappa shape index (κ1) is 28.3. The summed E-state index contributed by atoms with van der Waals surface area (Å²) < 4.78 is 79.1. The molecule has 0 saturated carbocycles. The van der Waals surface area contributed by atoms with Crippen LogP contribution in [-0.2, 0) is 18.8 Å². The van der Waals surface area contributed by atoms with E-state index < -0.39 is 23.6 Å². The van der Waals surface area contributed by atoms with Gasteiger partial charge in [-0.1, -0.05) is 72.8 Å². The molecule has 0 saturated heterocycles. The summed E-state index contributed by atoms with van der Waals surface area (Å²) in [6.45, 7) is 1.62. The Balaban J connectivity index is 1.38. The van der Waals surface area contributed by atoms with E-state index in [9.17, 15) is 26.3 Å². The molecule has 9 heteroatoms. The normalized spacial score (nSPS) is 12.2. The summed E-state index contributed by atoms with van der Waals surface area (Å²) in [6.07, 6.45) is -8.92. The van der Waals surface area contributed by atoms with Gasteiger partial charge >= 0.3 is 12.4 Å². The summed E-state index contributed by atoms with van der Waals surface area (Å²) in [5.41, 5.74) is 0.832. The molecular formula is C30H27F6N3. The highest BCUT2D eigenvalue weighted by Crippen LogP contribution is 2.33. The zero-order valence-electron chi connectivity index (χ0n) is 20.9. The molecule has 1 heterocycles. The minimum Gasteiger partial charge on any atom is -0.315 e. The van der Waals surface area contributed by atoms with E-state index in [0.29, 0.717) is 31.6 Å². The lowest BCUT2D eigenvalue weighted by molar-refractivity contribution is -0.141. The number of benzene rings is 3. The molecule has 4 rings (SSSR count). The molecule has 0 spiro atoms. The SMILES string of the molecule is FC(F)(F)c1ccc(-c2cc(CCNCCNC(c3ccccc3)c3ccccc3)cc(C(F)(F)F)n2)cc1. The molecule has 4 aromatic rings. The van der Waals surface area contributed by atoms with Crippen LogP contribution >= 0.6 is 0 Å². The molecule has 1 aromatic heterocycles. The number of hydrogen-bond acceptors (Lipinski definition) is 3. The van der Waals surface area contributed by atoms with Crippen molar-refractivity contribution in [3.05, 3.63) is 125 Å². The van der Waals surface area contributed by atoms with Crippen LogP contribution in [0.2, 0.25) is 0 Å². The molecule has 0 atom stereocenters. The second-order valence-electron chi connectivity index (χ2n) is 9.03. The van der Waals surface area contributed by atoms with Crippen LogP contribution in [-0.4, -0.2) is 24.6 Å². The molecule has 0 fully saturated rings. The van der Waals surface area contributed by atoms with Crippen molar-refractivity contribution in [1.29, 1.82) is 0 Å². The Labute approximate surface area is 222 Å². The summed E-state index contributed by atoms with van der Waals surface area (Å²) in [6, 6.07) is 26.4. The van der Waals surface area contributed by atoms with Gasteiger partial charge in [0.1, 0.15) is 5.69 Å². The highest BCUT2D eigenvalue weighted by molar-refractivity contribution is 5.61. The van der Waals surface area contributed by atoms with Crippen molar-refractivity contribution in [2.75, 3.05) is 19.6 Å². The van der Waals surface area contributed by atoms with Crippen LogP contribution in [0.1, 0.15) is 34.0 Å². The van der Waals surface area contributed by atoms with E-state index in [4.69, 9.17) is 0 Å². The number of pyridine rings is 1. The van der Waals surface area contributed by atoms with E-state index >= 15 is 0 Å². The first-order valence-electron chi connectivity index (χ1n) is 12.4. The van der Waals surface area contributed by atoms with Crippen LogP contribution < -0.4 is 10.6 Å². The van der Waals surface area contributed by atoms with Gasteiger partial charge in [0, 0.05) is 18.7 Å². The third kappa shape index (κ3) is 7.91. The van der Waals surface area contributed by atoms with Crippen LogP contribution in [0, 0.1) is 0 Å². The maximum Gasteiger partial charge on any atom is 0.433 e. The van der Waals surface area contributed by atoms with Crippen LogP contribution in [0.5, 0.6) is 0 Å². The Bertz CT molecular complexity index is 1280. The highest BCUT2D eigenvalue weighted by atomic mass is 19.4. The van der Waals surface area contributed by atoms with Gasteiger partial charge in [-0.25, -0.2) is 4.98 Å². The number of rotatable bonds is 10. The highest BCUT2D eigenvalue weighted by Gasteiger charge is 2.33. The predicted molar refractivity (Wildman–Crippen MR) is 139 cm³/mol. The van der Waals surface area contributed by atoms with E-state index in [-0.39, 0.29) is 17.3 Å². The van der Waals surface area contributed by atoms with Crippen molar-refractivity contribution in [3.63, 3.8) is 0 Å². The van der Waals surface area contributed by atoms with Crippen LogP contribution in [0.25, 0.3) is 11.3 Å². The number of nitrogens with zero attached hydrogens (tertiary/aromatic N) is 1. The average Bonchev–Trinajstić information content (AvgIpc) is 2.92. The van der Waals surface area contributed by atoms with Gasteiger partial charge in [-0.05, 0) is 53.9 Å². The second kappa shape index (κ2) is 12.4. The molecule has 0 unspecified atom stereocenters. The predicted octanol–water partition coefficient (Wildman–Crippen LogP) is 7.30. The smallest absolute Gasteiger partial charge is 0.315 e. The van der Waals surface area contributed by atoms with E-state index in [1.54, 1.807) is 0 Å². The van der Waals surface area contributed by atoms with Crippen LogP contribution in [0.3, 0.4) is 0 Å². The van der Waals surface area contributed by atoms with Gasteiger partial charge in [0.05, 0.1) is 17.3 Å². The van der Waals surface area contributed by atoms with Gasteiger partial charge in [-0.3, -0.25) is 0 Å². The van der Waals surface area contributed by atoms with Gasteiger partial charge in [-0.15, -0.1) is 0 Å². The first-order chi connectivity index (χ1) is 18.6. The number of alkyl halides is 6. The molecule has 0 bridgehead atoms. The molecule has 0 radical (unpaired) electrons. The fourth-order valence-corrected chi connectivity index (χ4v) is 4.24. The number of aromatic nitrogens is 1. The molecule has 0 aliphatic rings. The fourth-order valence-electron chi connectivity index (χ4n) is 4.24. The lowest BCUT2D eigenvalue weighted by Crippen LogP contribution is -2.31. The Morgan fingerprint density at radius 2 is 1.23 bits per heavy atom. The van der Waals surface area contributed by atoms with Gasteiger partial charge in [-0.2, -0.15) is 26.3 Å². The monoisotopic (exact) mass is 543 g/mol. The van der Waals surface area contributed by atoms with E-state index in [1.807, 2.05) is 60.7 Å². The average molecular weight is 544 g/mol. The van der Waals surface area contributed by atoms with Crippen molar-refractivity contribution in [2.45, 2.75) is 24.8 Å². The van der Waals surface area contributed by atoms with Crippen LogP contribution in [0.4, 0.5) is 26.3 Å². The van der Waals surface area contributed by atoms with Crippen molar-refractivity contribution < 1.29 is 26.3 Å². The second-order valence-corrected chi connectivity index (χ2v) is 9.03. The fraction of sp³-hybridized carbons (Fsp3) is 0.233. The van der Waals surface area contributed by atoms with Gasteiger partial charge in [0.25, 0.3) is 0 Å². The molecule has 3 nitrogen and oxygen atoms in total. The topological polar surface area (TPSA) is 37.0 Å². The lowest BCUT2D eigenvalue weighted by Gasteiger charge is -2.20. The maximum absolute atomic E-state index is 13.5. The number of nitrogens with one attached hydrogen (secondary N) is 2. The summed E-state index contributed by atoms with van der Waals surface area (Å²) >= 11 is 0. The van der Waals surface area contributed by atoms with Gasteiger partial charge in [0.15, 0.2) is 0 Å². The van der Waals surface area contributed by atoms with E-state index in [2.05, 4.69) is 15.6 Å². The largest absolute Gasteiger partial charge is 0.433 e. The quantitative estimate of drug-likeness (QED) is 0.163. The van der Waals surface area contributed by atoms with Gasteiger partial charge < -0.3 is 10.6 Å². The number of halogens is 6. The van der Waals surface area contributed by atoms with Crippen molar-refractivity contribution >= 4 is 0 Å². The minimum absolute atomic E-state index is 0.00460. The summed E-state index contributed by atoms with van der Waals surface area (Å²) in [4.78, 5) is 3.66. The van der Waals surface area contributed by atoms with Crippen molar-refractivity contribution in [2.24, 2.45) is 0 Å². The Morgan fingerprint density at radius 1 is 0.641 bits per heavy atom. The molecule has 2 N–H and O–H groups in total. The minimum atomic E-state index is -4.68. The van der Waals surface area contributed by atoms with Gasteiger partial charge in [0.2, 0.25) is 0 Å². The van der Waals surface area contributed by atoms with E-state index in [1.165, 1.54) is 6.07 Å². The first-order valence-corrected chi connectivity index (χ1v) is 12.4. The summed E-state index contributed by atoms with van der Waals surface area (Å²) in [7, 11) is 0. The zero-order valence-corrected chi connectivity index (χ0v) is 20.9. The van der Waals surface area contributed by atoms with Crippen LogP contribution in [0.15, 0.2) is 97.1 Å². The Hall–Kier alpha value is -3.69. The zero-order chi connectivity index (χ0) is 27.9. The Morgan fingerprint density at radius 3 is 1.77 bits per heavy atom. The van der Waals surface area contributed by atoms with Crippen molar-refractivity contribution in [3.8, 4) is 11.3 Å². The van der Waals surface area contributed by atoms with E-state index in [0.717, 1.165) is 41.5 Å². The summed E-state index contributed by atoms with van der Waals surface area (Å²) in [5.74, 6) is 0. The molecule has 0 aliphatic heterocycles. The third-order valence-electron chi connectivity index (χ3n) is 6.19. The molecule has 0 amide bonds. The molecule has 39 heavy (non-hydrogen) atoms. The molecule has 3 aromatic carbocycles. The maximum atomic E-state index is 13.5. The standard InChI is InChI=1S/C30H27F6N3/c31-29(32,33)25-13-11-22(12-14-25)26-19-21(20-27(39-26)30(34,35)36)15-16-37-17-18-38-28(23-7-3-1-4-8-23)24-9-5-2-6-10-24/h1-14,19-20,28,37-38H,15-18H2. The molecule has 204 valence electrons. The molecular weight excluding hydrogens is 516 g/mol. The number of hydrogen-bond donors (Lipinski definition) is 2. The lowest BCUT2D eigenvalue weighted by atomic mass is 9.99. The van der Waals surface area contributed by atoms with Crippen molar-refractivity contribution in [1.82, 2.24) is 15.6 Å². The molecule has 0 aliphatic carbocycles. The third-order valence-corrected chi connectivity index (χ3v) is 6.19. The Kier molecular flexibility index (Phi) is 9.04. The summed E-state index contributed by atoms with van der Waals surface area (Å²) in [5, 5.41) is 6.77.